The molecule has 5 heteroatoms. The number of hydrogen-bond acceptors (Lipinski definition) is 5. The van der Waals surface area contributed by atoms with Gasteiger partial charge < -0.3 is 11.5 Å². The second-order valence-electron chi connectivity index (χ2n) is 4.56. The van der Waals surface area contributed by atoms with Crippen molar-refractivity contribution in [2.75, 3.05) is 5.73 Å². The molecule has 3 rings (SSSR count). The van der Waals surface area contributed by atoms with E-state index in [9.17, 15) is 0 Å². The number of pyridine rings is 3. The Balaban J connectivity index is 2.23. The van der Waals surface area contributed by atoms with Crippen LogP contribution in [0, 0.1) is 13.5 Å². The maximum Gasteiger partial charge on any atom is 0.112 e. The van der Waals surface area contributed by atoms with Crippen molar-refractivity contribution in [2.45, 2.75) is 6.92 Å². The van der Waals surface area contributed by atoms with Gasteiger partial charge in [-0.15, -0.1) is 0 Å². The van der Waals surface area contributed by atoms with Gasteiger partial charge in [0.1, 0.15) is 5.52 Å². The molecule has 99 valence electrons. The van der Waals surface area contributed by atoms with Gasteiger partial charge in [-0.2, -0.15) is 0 Å². The van der Waals surface area contributed by atoms with E-state index in [0.717, 1.165) is 22.3 Å². The van der Waals surface area contributed by atoms with E-state index in [2.05, 4.69) is 15.0 Å². The van der Waals surface area contributed by atoms with Crippen LogP contribution in [0.5, 0.6) is 0 Å². The molecule has 0 spiro atoms. The predicted octanol–water partition coefficient (Wildman–Crippen LogP) is 2.05. The van der Waals surface area contributed by atoms with Crippen molar-refractivity contribution >= 4 is 16.7 Å². The zero-order chi connectivity index (χ0) is 14.1. The third-order valence-corrected chi connectivity index (χ3v) is 3.19. The molecule has 0 saturated heterocycles. The lowest BCUT2D eigenvalue weighted by Crippen LogP contribution is -2.00. The molecule has 0 aliphatic rings. The Morgan fingerprint density at radius 1 is 1.15 bits per heavy atom. The molecule has 0 bridgehead atoms. The number of anilines is 1. The van der Waals surface area contributed by atoms with E-state index < -0.39 is 0 Å². The summed E-state index contributed by atoms with van der Waals surface area (Å²) in [4.78, 5) is 13.1. The van der Waals surface area contributed by atoms with Crippen molar-refractivity contribution in [3.8, 4) is 11.3 Å². The van der Waals surface area contributed by atoms with Gasteiger partial charge in [-0.3, -0.25) is 4.98 Å². The Morgan fingerprint density at radius 2 is 2.00 bits per heavy atom. The number of aromatic nitrogens is 3. The molecule has 0 atom stereocenters. The first-order valence-corrected chi connectivity index (χ1v) is 6.22. The molecule has 0 aliphatic heterocycles. The lowest BCUT2D eigenvalue weighted by molar-refractivity contribution is 1.20. The third kappa shape index (κ3) is 2.08. The van der Waals surface area contributed by atoms with Gasteiger partial charge in [-0.25, -0.2) is 9.97 Å². The van der Waals surface area contributed by atoms with E-state index >= 15 is 0 Å². The summed E-state index contributed by atoms with van der Waals surface area (Å²) in [5.41, 5.74) is 17.1. The van der Waals surface area contributed by atoms with E-state index in [0.29, 0.717) is 16.9 Å². The molecule has 0 unspecified atom stereocenters. The average molecular weight is 264 g/mol. The standard InChI is InChI=1S/C15H14N5/c1-9-4-5-18-8-11(9)14-6-12(17)15-13(20-14)3-2-10(7-16)19-15/h2-8H,16H2,1H3,(H2,17,20). The first-order chi connectivity index (χ1) is 9.69. The summed E-state index contributed by atoms with van der Waals surface area (Å²) in [6.07, 6.45) is 3.55. The zero-order valence-corrected chi connectivity index (χ0v) is 11.0. The number of fused-ring (bicyclic) bond motifs is 1. The van der Waals surface area contributed by atoms with Gasteiger partial charge in [0.25, 0.3) is 0 Å². The Kier molecular flexibility index (Phi) is 3.04. The lowest BCUT2D eigenvalue weighted by Gasteiger charge is -2.08. The molecule has 3 aromatic heterocycles. The average Bonchev–Trinajstić information content (AvgIpc) is 2.47. The summed E-state index contributed by atoms with van der Waals surface area (Å²) in [5, 5.41) is 0. The second kappa shape index (κ2) is 4.86. The predicted molar refractivity (Wildman–Crippen MR) is 79.5 cm³/mol. The SMILES string of the molecule is Cc1ccncc1-c1cc(N)c2nc([CH]N)ccc2n1. The number of nitrogens with two attached hydrogens (primary N) is 2. The van der Waals surface area contributed by atoms with Crippen molar-refractivity contribution < 1.29 is 0 Å². The third-order valence-electron chi connectivity index (χ3n) is 3.19. The van der Waals surface area contributed by atoms with Gasteiger partial charge in [-0.1, -0.05) is 0 Å². The van der Waals surface area contributed by atoms with Gasteiger partial charge >= 0.3 is 0 Å². The van der Waals surface area contributed by atoms with Crippen LogP contribution in [0.2, 0.25) is 0 Å². The Labute approximate surface area is 116 Å². The Morgan fingerprint density at radius 3 is 2.75 bits per heavy atom. The topological polar surface area (TPSA) is 90.7 Å². The Bertz CT molecular complexity index is 782. The maximum absolute atomic E-state index is 6.09. The minimum atomic E-state index is 0.581. The van der Waals surface area contributed by atoms with Gasteiger partial charge in [0.2, 0.25) is 0 Å². The van der Waals surface area contributed by atoms with Crippen LogP contribution in [-0.4, -0.2) is 15.0 Å². The van der Waals surface area contributed by atoms with E-state index in [-0.39, 0.29) is 0 Å². The van der Waals surface area contributed by atoms with Crippen molar-refractivity contribution in [1.29, 1.82) is 0 Å². The summed E-state index contributed by atoms with van der Waals surface area (Å²) in [5.74, 6) is 0. The van der Waals surface area contributed by atoms with Gasteiger partial charge in [-0.05, 0) is 36.8 Å². The van der Waals surface area contributed by atoms with Crippen LogP contribution >= 0.6 is 0 Å². The molecule has 1 radical (unpaired) electrons. The maximum atomic E-state index is 6.09. The van der Waals surface area contributed by atoms with E-state index in [1.54, 1.807) is 12.4 Å². The second-order valence-corrected chi connectivity index (χ2v) is 4.56. The Hall–Kier alpha value is -2.53. The summed E-state index contributed by atoms with van der Waals surface area (Å²) < 4.78 is 0. The van der Waals surface area contributed by atoms with Crippen molar-refractivity contribution in [3.63, 3.8) is 0 Å². The highest BCUT2D eigenvalue weighted by Crippen LogP contribution is 2.26. The molecule has 3 heterocycles. The summed E-state index contributed by atoms with van der Waals surface area (Å²) >= 11 is 0. The highest BCUT2D eigenvalue weighted by molar-refractivity contribution is 5.89. The molecular formula is C15H14N5. The van der Waals surface area contributed by atoms with Crippen molar-refractivity contribution in [3.05, 3.63) is 54.5 Å². The van der Waals surface area contributed by atoms with Crippen LogP contribution in [0.1, 0.15) is 11.3 Å². The van der Waals surface area contributed by atoms with Gasteiger partial charge in [0.05, 0.1) is 29.1 Å². The van der Waals surface area contributed by atoms with Gasteiger partial charge in [0.15, 0.2) is 0 Å². The smallest absolute Gasteiger partial charge is 0.112 e. The molecule has 3 aromatic rings. The largest absolute Gasteiger partial charge is 0.397 e. The number of nitrogen functional groups attached to an aromatic ring is 1. The molecule has 0 aliphatic carbocycles. The normalized spacial score (nSPS) is 10.9. The van der Waals surface area contributed by atoms with E-state index in [1.807, 2.05) is 31.2 Å². The van der Waals surface area contributed by atoms with Crippen LogP contribution in [0.15, 0.2) is 36.7 Å². The molecule has 0 aromatic carbocycles. The van der Waals surface area contributed by atoms with Crippen LogP contribution in [0.4, 0.5) is 5.69 Å². The highest BCUT2D eigenvalue weighted by Gasteiger charge is 2.09. The zero-order valence-electron chi connectivity index (χ0n) is 11.0. The lowest BCUT2D eigenvalue weighted by atomic mass is 10.1. The first-order valence-electron chi connectivity index (χ1n) is 6.22. The minimum Gasteiger partial charge on any atom is -0.397 e. The van der Waals surface area contributed by atoms with Crippen molar-refractivity contribution in [1.82, 2.24) is 15.0 Å². The van der Waals surface area contributed by atoms with E-state index in [4.69, 9.17) is 11.5 Å². The van der Waals surface area contributed by atoms with Crippen LogP contribution in [-0.2, 0) is 0 Å². The molecule has 4 N–H and O–H groups in total. The summed E-state index contributed by atoms with van der Waals surface area (Å²) in [7, 11) is 0. The van der Waals surface area contributed by atoms with Crippen molar-refractivity contribution in [2.24, 2.45) is 5.73 Å². The van der Waals surface area contributed by atoms with Crippen LogP contribution in [0.3, 0.4) is 0 Å². The first kappa shape index (κ1) is 12.5. The number of rotatable bonds is 2. The van der Waals surface area contributed by atoms with E-state index in [1.165, 1.54) is 6.54 Å². The fraction of sp³-hybridized carbons (Fsp3) is 0.0667. The molecule has 0 saturated carbocycles. The molecule has 0 amide bonds. The number of hydrogen-bond donors (Lipinski definition) is 2. The molecule has 0 fully saturated rings. The highest BCUT2D eigenvalue weighted by atomic mass is 14.8. The quantitative estimate of drug-likeness (QED) is 0.739. The molecule has 5 nitrogen and oxygen atoms in total. The van der Waals surface area contributed by atoms with Crippen LogP contribution < -0.4 is 11.5 Å². The van der Waals surface area contributed by atoms with Gasteiger partial charge in [0, 0.05) is 18.0 Å². The minimum absolute atomic E-state index is 0.581. The fourth-order valence-electron chi connectivity index (χ4n) is 2.11. The molecular weight excluding hydrogens is 250 g/mol. The fourth-order valence-corrected chi connectivity index (χ4v) is 2.11. The summed E-state index contributed by atoms with van der Waals surface area (Å²) in [6, 6.07) is 7.45. The summed E-state index contributed by atoms with van der Waals surface area (Å²) in [6.45, 7) is 3.46. The monoisotopic (exact) mass is 264 g/mol. The number of aryl methyl sites for hydroxylation is 1. The molecule has 20 heavy (non-hydrogen) atoms. The van der Waals surface area contributed by atoms with Crippen LogP contribution in [0.25, 0.3) is 22.3 Å². The number of nitrogens with zero attached hydrogens (tertiary/aromatic N) is 3.